The minimum atomic E-state index is -3.57. The maximum atomic E-state index is 12.7. The number of carbonyl (C=O) groups is 1. The van der Waals surface area contributed by atoms with E-state index in [0.717, 1.165) is 31.2 Å². The van der Waals surface area contributed by atoms with Crippen molar-refractivity contribution in [1.29, 1.82) is 0 Å². The first-order valence-corrected chi connectivity index (χ1v) is 10.8. The standard InChI is InChI=1S/C21H26N2O3S/c1-15-8-13-19(27(25,26)23-18-11-12-18)14-20(15)21(24)22-16(2)9-10-17-6-4-3-5-7-17/h3-8,13-14,16,18,23H,9-12H2,1-2H3,(H,22,24). The van der Waals surface area contributed by atoms with Gasteiger partial charge in [0.25, 0.3) is 5.91 Å². The van der Waals surface area contributed by atoms with E-state index in [0.29, 0.717) is 5.56 Å². The Kier molecular flexibility index (Phi) is 5.97. The molecule has 1 amide bonds. The fourth-order valence-corrected chi connectivity index (χ4v) is 4.23. The lowest BCUT2D eigenvalue weighted by Gasteiger charge is -2.16. The molecule has 0 bridgehead atoms. The third kappa shape index (κ3) is 5.40. The predicted molar refractivity (Wildman–Crippen MR) is 106 cm³/mol. The van der Waals surface area contributed by atoms with E-state index in [-0.39, 0.29) is 22.9 Å². The highest BCUT2D eigenvalue weighted by Crippen LogP contribution is 2.23. The Balaban J connectivity index is 1.65. The van der Waals surface area contributed by atoms with Gasteiger partial charge in [-0.05, 0) is 62.8 Å². The molecule has 2 aromatic rings. The Morgan fingerprint density at radius 1 is 1.15 bits per heavy atom. The Labute approximate surface area is 161 Å². The second kappa shape index (κ2) is 8.23. The van der Waals surface area contributed by atoms with Crippen LogP contribution in [-0.4, -0.2) is 26.4 Å². The molecule has 0 aliphatic heterocycles. The van der Waals surface area contributed by atoms with Crippen molar-refractivity contribution in [2.45, 2.75) is 56.5 Å². The van der Waals surface area contributed by atoms with Gasteiger partial charge in [0.05, 0.1) is 4.90 Å². The molecular weight excluding hydrogens is 360 g/mol. The van der Waals surface area contributed by atoms with Crippen molar-refractivity contribution >= 4 is 15.9 Å². The summed E-state index contributed by atoms with van der Waals surface area (Å²) in [6.45, 7) is 3.78. The molecule has 1 aliphatic rings. The summed E-state index contributed by atoms with van der Waals surface area (Å²) in [7, 11) is -3.57. The minimum absolute atomic E-state index is 0.0121. The van der Waals surface area contributed by atoms with E-state index in [1.165, 1.54) is 11.6 Å². The third-order valence-corrected chi connectivity index (χ3v) is 6.27. The first-order valence-electron chi connectivity index (χ1n) is 9.33. The van der Waals surface area contributed by atoms with Crippen LogP contribution in [-0.2, 0) is 16.4 Å². The lowest BCUT2D eigenvalue weighted by molar-refractivity contribution is 0.0937. The summed E-state index contributed by atoms with van der Waals surface area (Å²) in [4.78, 5) is 12.8. The summed E-state index contributed by atoms with van der Waals surface area (Å²) in [5, 5.41) is 2.98. The Morgan fingerprint density at radius 3 is 2.52 bits per heavy atom. The summed E-state index contributed by atoms with van der Waals surface area (Å²) in [5.41, 5.74) is 2.39. The summed E-state index contributed by atoms with van der Waals surface area (Å²) in [6, 6.07) is 14.9. The monoisotopic (exact) mass is 386 g/mol. The van der Waals surface area contributed by atoms with E-state index in [2.05, 4.69) is 22.2 Å². The molecule has 1 fully saturated rings. The van der Waals surface area contributed by atoms with Crippen molar-refractivity contribution in [2.75, 3.05) is 0 Å². The van der Waals surface area contributed by atoms with Crippen molar-refractivity contribution in [3.05, 3.63) is 65.2 Å². The van der Waals surface area contributed by atoms with E-state index in [9.17, 15) is 13.2 Å². The van der Waals surface area contributed by atoms with Crippen LogP contribution >= 0.6 is 0 Å². The highest BCUT2D eigenvalue weighted by molar-refractivity contribution is 7.89. The zero-order chi connectivity index (χ0) is 19.4. The van der Waals surface area contributed by atoms with Crippen LogP contribution < -0.4 is 10.0 Å². The van der Waals surface area contributed by atoms with Gasteiger partial charge in [-0.25, -0.2) is 13.1 Å². The number of hydrogen-bond acceptors (Lipinski definition) is 3. The molecule has 1 unspecified atom stereocenters. The van der Waals surface area contributed by atoms with Gasteiger partial charge in [-0.1, -0.05) is 36.4 Å². The molecule has 0 saturated heterocycles. The van der Waals surface area contributed by atoms with Gasteiger partial charge in [-0.3, -0.25) is 4.79 Å². The molecule has 3 rings (SSSR count). The van der Waals surface area contributed by atoms with E-state index >= 15 is 0 Å². The third-order valence-electron chi connectivity index (χ3n) is 4.75. The fourth-order valence-electron chi connectivity index (χ4n) is 2.90. The van der Waals surface area contributed by atoms with E-state index in [1.54, 1.807) is 12.1 Å². The number of carbonyl (C=O) groups excluding carboxylic acids is 1. The number of sulfonamides is 1. The molecule has 1 saturated carbocycles. The average Bonchev–Trinajstić information content (AvgIpc) is 3.44. The summed E-state index contributed by atoms with van der Waals surface area (Å²) >= 11 is 0. The Hall–Kier alpha value is -2.18. The molecule has 144 valence electrons. The first kappa shape index (κ1) is 19.6. The molecule has 0 spiro atoms. The second-order valence-electron chi connectivity index (χ2n) is 7.27. The smallest absolute Gasteiger partial charge is 0.251 e. The van der Waals surface area contributed by atoms with Gasteiger partial charge in [0.1, 0.15) is 0 Å². The fraction of sp³-hybridized carbons (Fsp3) is 0.381. The predicted octanol–water partition coefficient (Wildman–Crippen LogP) is 3.19. The maximum Gasteiger partial charge on any atom is 0.251 e. The highest BCUT2D eigenvalue weighted by atomic mass is 32.2. The van der Waals surface area contributed by atoms with Crippen LogP contribution in [0.2, 0.25) is 0 Å². The molecule has 1 aliphatic carbocycles. The number of benzene rings is 2. The molecule has 2 aromatic carbocycles. The van der Waals surface area contributed by atoms with Crippen LogP contribution in [0.15, 0.2) is 53.4 Å². The zero-order valence-electron chi connectivity index (χ0n) is 15.7. The molecule has 6 heteroatoms. The quantitative estimate of drug-likeness (QED) is 0.732. The van der Waals surface area contributed by atoms with E-state index in [4.69, 9.17) is 0 Å². The summed E-state index contributed by atoms with van der Waals surface area (Å²) < 4.78 is 27.5. The van der Waals surface area contributed by atoms with Crippen LogP contribution in [0.4, 0.5) is 0 Å². The van der Waals surface area contributed by atoms with Crippen molar-refractivity contribution in [1.82, 2.24) is 10.0 Å². The van der Waals surface area contributed by atoms with Crippen LogP contribution in [0.25, 0.3) is 0 Å². The van der Waals surface area contributed by atoms with Gasteiger partial charge in [-0.2, -0.15) is 0 Å². The van der Waals surface area contributed by atoms with Gasteiger partial charge in [0.2, 0.25) is 10.0 Å². The second-order valence-corrected chi connectivity index (χ2v) is 8.99. The lowest BCUT2D eigenvalue weighted by atomic mass is 10.0. The van der Waals surface area contributed by atoms with Crippen molar-refractivity contribution in [2.24, 2.45) is 0 Å². The maximum absolute atomic E-state index is 12.7. The number of amides is 1. The Bertz CT molecular complexity index is 906. The summed E-state index contributed by atoms with van der Waals surface area (Å²) in [6.07, 6.45) is 3.44. The van der Waals surface area contributed by atoms with Gasteiger partial charge in [0, 0.05) is 17.6 Å². The molecule has 27 heavy (non-hydrogen) atoms. The van der Waals surface area contributed by atoms with Gasteiger partial charge in [-0.15, -0.1) is 0 Å². The number of hydrogen-bond donors (Lipinski definition) is 2. The molecule has 1 atom stereocenters. The Morgan fingerprint density at radius 2 is 1.85 bits per heavy atom. The van der Waals surface area contributed by atoms with E-state index in [1.807, 2.05) is 32.0 Å². The molecule has 0 heterocycles. The van der Waals surface area contributed by atoms with Crippen molar-refractivity contribution in [3.8, 4) is 0 Å². The molecular formula is C21H26N2O3S. The zero-order valence-corrected chi connectivity index (χ0v) is 16.6. The normalized spacial score (nSPS) is 15.3. The topological polar surface area (TPSA) is 75.3 Å². The van der Waals surface area contributed by atoms with Gasteiger partial charge < -0.3 is 5.32 Å². The van der Waals surface area contributed by atoms with Crippen LogP contribution in [0, 0.1) is 6.92 Å². The van der Waals surface area contributed by atoms with Crippen LogP contribution in [0.5, 0.6) is 0 Å². The molecule has 0 aromatic heterocycles. The first-order chi connectivity index (χ1) is 12.8. The SMILES string of the molecule is Cc1ccc(S(=O)(=O)NC2CC2)cc1C(=O)NC(C)CCc1ccccc1. The highest BCUT2D eigenvalue weighted by Gasteiger charge is 2.28. The lowest BCUT2D eigenvalue weighted by Crippen LogP contribution is -2.33. The van der Waals surface area contributed by atoms with E-state index < -0.39 is 10.0 Å². The number of rotatable bonds is 8. The molecule has 5 nitrogen and oxygen atoms in total. The van der Waals surface area contributed by atoms with Gasteiger partial charge >= 0.3 is 0 Å². The van der Waals surface area contributed by atoms with Gasteiger partial charge in [0.15, 0.2) is 0 Å². The molecule has 0 radical (unpaired) electrons. The number of aryl methyl sites for hydroxylation is 2. The van der Waals surface area contributed by atoms with Crippen molar-refractivity contribution < 1.29 is 13.2 Å². The average molecular weight is 387 g/mol. The van der Waals surface area contributed by atoms with Crippen LogP contribution in [0.1, 0.15) is 47.7 Å². The summed E-state index contributed by atoms with van der Waals surface area (Å²) in [5.74, 6) is -0.239. The molecule has 2 N–H and O–H groups in total. The largest absolute Gasteiger partial charge is 0.350 e. The minimum Gasteiger partial charge on any atom is -0.350 e. The van der Waals surface area contributed by atoms with Crippen molar-refractivity contribution in [3.63, 3.8) is 0 Å². The number of nitrogens with one attached hydrogen (secondary N) is 2. The van der Waals surface area contributed by atoms with Crippen LogP contribution in [0.3, 0.4) is 0 Å².